The van der Waals surface area contributed by atoms with Crippen LogP contribution in [0.15, 0.2) is 46.6 Å². The fourth-order valence-electron chi connectivity index (χ4n) is 3.71. The number of thiazole rings is 1. The van der Waals surface area contributed by atoms with Crippen LogP contribution < -0.4 is 5.56 Å². The number of nitrogens with zero attached hydrogens (tertiary/aromatic N) is 3. The zero-order valence-corrected chi connectivity index (χ0v) is 15.3. The molecule has 25 heavy (non-hydrogen) atoms. The van der Waals surface area contributed by atoms with E-state index in [0.29, 0.717) is 0 Å². The van der Waals surface area contributed by atoms with Gasteiger partial charge in [-0.15, -0.1) is 11.3 Å². The summed E-state index contributed by atoms with van der Waals surface area (Å²) in [6.45, 7) is 5.27. The van der Waals surface area contributed by atoms with Crippen molar-refractivity contribution in [2.75, 3.05) is 13.1 Å². The summed E-state index contributed by atoms with van der Waals surface area (Å²) in [5, 5.41) is 2.02. The van der Waals surface area contributed by atoms with Crippen molar-refractivity contribution in [2.45, 2.75) is 32.7 Å². The molecule has 0 spiro atoms. The van der Waals surface area contributed by atoms with Gasteiger partial charge in [-0.05, 0) is 30.9 Å². The molecule has 1 atom stereocenters. The van der Waals surface area contributed by atoms with Crippen molar-refractivity contribution in [3.8, 4) is 11.3 Å². The molecule has 1 aromatic carbocycles. The van der Waals surface area contributed by atoms with Crippen LogP contribution in [0.1, 0.15) is 31.9 Å². The number of aromatic nitrogens is 2. The Bertz CT molecular complexity index is 916. The molecule has 4 rings (SSSR count). The summed E-state index contributed by atoms with van der Waals surface area (Å²) in [5.74, 6) is 0.782. The molecule has 0 N–H and O–H groups in total. The van der Waals surface area contributed by atoms with E-state index < -0.39 is 0 Å². The molecule has 130 valence electrons. The first-order valence-corrected chi connectivity index (χ1v) is 9.90. The molecule has 0 saturated carbocycles. The minimum Gasteiger partial charge on any atom is -0.297 e. The monoisotopic (exact) mass is 353 g/mol. The summed E-state index contributed by atoms with van der Waals surface area (Å²) in [5.41, 5.74) is 2.88. The lowest BCUT2D eigenvalue weighted by Gasteiger charge is -2.31. The van der Waals surface area contributed by atoms with Crippen LogP contribution in [-0.2, 0) is 6.54 Å². The van der Waals surface area contributed by atoms with Crippen LogP contribution in [0.4, 0.5) is 0 Å². The standard InChI is InChI=1S/C20H23N3OS/c1-2-15-7-6-10-22(12-15)13-17-11-19(24)23-18(14-25-20(23)21-17)16-8-4-3-5-9-16/h3-5,8-9,11,14-15H,2,6-7,10,12-13H2,1H3/t15-/m0/s1. The predicted octanol–water partition coefficient (Wildman–Crippen LogP) is 4.05. The lowest BCUT2D eigenvalue weighted by atomic mass is 9.95. The van der Waals surface area contributed by atoms with Crippen molar-refractivity contribution in [1.82, 2.24) is 14.3 Å². The number of fused-ring (bicyclic) bond motifs is 1. The van der Waals surface area contributed by atoms with Gasteiger partial charge in [-0.25, -0.2) is 4.98 Å². The topological polar surface area (TPSA) is 37.6 Å². The average Bonchev–Trinajstić information content (AvgIpc) is 3.07. The van der Waals surface area contributed by atoms with Gasteiger partial charge in [0.15, 0.2) is 4.96 Å². The quantitative estimate of drug-likeness (QED) is 0.710. The summed E-state index contributed by atoms with van der Waals surface area (Å²) in [6, 6.07) is 11.7. The van der Waals surface area contributed by atoms with Gasteiger partial charge in [-0.2, -0.15) is 0 Å². The van der Waals surface area contributed by atoms with E-state index in [4.69, 9.17) is 4.98 Å². The van der Waals surface area contributed by atoms with Gasteiger partial charge in [-0.3, -0.25) is 14.1 Å². The maximum absolute atomic E-state index is 12.7. The van der Waals surface area contributed by atoms with Gasteiger partial charge in [0.05, 0.1) is 11.4 Å². The highest BCUT2D eigenvalue weighted by Gasteiger charge is 2.19. The molecule has 5 heteroatoms. The van der Waals surface area contributed by atoms with E-state index in [2.05, 4.69) is 11.8 Å². The largest absolute Gasteiger partial charge is 0.297 e. The van der Waals surface area contributed by atoms with Crippen molar-refractivity contribution in [2.24, 2.45) is 5.92 Å². The Morgan fingerprint density at radius 2 is 2.12 bits per heavy atom. The first-order valence-electron chi connectivity index (χ1n) is 9.02. The molecule has 1 aliphatic rings. The van der Waals surface area contributed by atoms with E-state index in [9.17, 15) is 4.79 Å². The van der Waals surface area contributed by atoms with Crippen LogP contribution in [0.5, 0.6) is 0 Å². The SMILES string of the molecule is CC[C@H]1CCCN(Cc2cc(=O)n3c(-c4ccccc4)csc3n2)C1. The molecule has 3 aromatic rings. The second-order valence-corrected chi connectivity index (χ2v) is 7.68. The van der Waals surface area contributed by atoms with Gasteiger partial charge in [0.25, 0.3) is 5.56 Å². The number of likely N-dealkylation sites (tertiary alicyclic amines) is 1. The number of benzene rings is 1. The Morgan fingerprint density at radius 1 is 1.28 bits per heavy atom. The number of hydrogen-bond acceptors (Lipinski definition) is 4. The lowest BCUT2D eigenvalue weighted by Crippen LogP contribution is -2.35. The van der Waals surface area contributed by atoms with E-state index in [1.165, 1.54) is 30.6 Å². The molecule has 0 bridgehead atoms. The highest BCUT2D eigenvalue weighted by molar-refractivity contribution is 7.15. The summed E-state index contributed by atoms with van der Waals surface area (Å²) >= 11 is 1.54. The Balaban J connectivity index is 1.64. The van der Waals surface area contributed by atoms with Gasteiger partial charge in [0.1, 0.15) is 0 Å². The van der Waals surface area contributed by atoms with Crippen molar-refractivity contribution >= 4 is 16.3 Å². The minimum atomic E-state index is 0.0177. The Morgan fingerprint density at radius 3 is 2.92 bits per heavy atom. The zero-order chi connectivity index (χ0) is 17.2. The molecule has 2 aromatic heterocycles. The maximum Gasteiger partial charge on any atom is 0.259 e. The van der Waals surface area contributed by atoms with Crippen molar-refractivity contribution in [3.05, 3.63) is 57.8 Å². The van der Waals surface area contributed by atoms with E-state index in [1.807, 2.05) is 35.7 Å². The second kappa shape index (κ2) is 7.10. The van der Waals surface area contributed by atoms with Gasteiger partial charge >= 0.3 is 0 Å². The van der Waals surface area contributed by atoms with Crippen molar-refractivity contribution in [1.29, 1.82) is 0 Å². The lowest BCUT2D eigenvalue weighted by molar-refractivity contribution is 0.163. The molecule has 1 fully saturated rings. The molecule has 1 saturated heterocycles. The van der Waals surface area contributed by atoms with Crippen LogP contribution >= 0.6 is 11.3 Å². The Kier molecular flexibility index (Phi) is 4.68. The first-order chi connectivity index (χ1) is 12.2. The molecule has 0 radical (unpaired) electrons. The van der Waals surface area contributed by atoms with Crippen LogP contribution in [0.2, 0.25) is 0 Å². The van der Waals surface area contributed by atoms with E-state index in [-0.39, 0.29) is 5.56 Å². The Labute approximate surface area is 151 Å². The Hall–Kier alpha value is -1.98. The second-order valence-electron chi connectivity index (χ2n) is 6.84. The molecular weight excluding hydrogens is 330 g/mol. The van der Waals surface area contributed by atoms with E-state index in [0.717, 1.165) is 47.5 Å². The fraction of sp³-hybridized carbons (Fsp3) is 0.400. The fourth-order valence-corrected chi connectivity index (χ4v) is 4.64. The predicted molar refractivity (Wildman–Crippen MR) is 103 cm³/mol. The van der Waals surface area contributed by atoms with Gasteiger partial charge in [-0.1, -0.05) is 43.7 Å². The summed E-state index contributed by atoms with van der Waals surface area (Å²) in [7, 11) is 0. The summed E-state index contributed by atoms with van der Waals surface area (Å²) < 4.78 is 1.73. The van der Waals surface area contributed by atoms with Gasteiger partial charge in [0.2, 0.25) is 0 Å². The minimum absolute atomic E-state index is 0.0177. The number of rotatable bonds is 4. The van der Waals surface area contributed by atoms with Crippen LogP contribution in [0, 0.1) is 5.92 Å². The summed E-state index contributed by atoms with van der Waals surface area (Å²) in [4.78, 5) is 20.7. The average molecular weight is 353 g/mol. The molecule has 1 aliphatic heterocycles. The first kappa shape index (κ1) is 16.5. The molecule has 3 heterocycles. The highest BCUT2D eigenvalue weighted by atomic mass is 32.1. The van der Waals surface area contributed by atoms with Crippen LogP contribution in [-0.4, -0.2) is 27.4 Å². The molecule has 4 nitrogen and oxygen atoms in total. The smallest absolute Gasteiger partial charge is 0.259 e. The van der Waals surface area contributed by atoms with Crippen LogP contribution in [0.3, 0.4) is 0 Å². The number of piperidine rings is 1. The normalized spacial score (nSPS) is 18.7. The van der Waals surface area contributed by atoms with Crippen LogP contribution in [0.25, 0.3) is 16.2 Å². The zero-order valence-electron chi connectivity index (χ0n) is 14.5. The summed E-state index contributed by atoms with van der Waals surface area (Å²) in [6.07, 6.45) is 3.81. The van der Waals surface area contributed by atoms with E-state index in [1.54, 1.807) is 10.5 Å². The molecule has 0 amide bonds. The molecule has 0 aliphatic carbocycles. The van der Waals surface area contributed by atoms with Gasteiger partial charge in [0, 0.05) is 24.5 Å². The third-order valence-corrected chi connectivity index (χ3v) is 5.92. The highest BCUT2D eigenvalue weighted by Crippen LogP contribution is 2.24. The molecular formula is C20H23N3OS. The third-order valence-electron chi connectivity index (χ3n) is 5.09. The number of hydrogen-bond donors (Lipinski definition) is 0. The maximum atomic E-state index is 12.7. The van der Waals surface area contributed by atoms with Gasteiger partial charge < -0.3 is 0 Å². The third kappa shape index (κ3) is 3.39. The van der Waals surface area contributed by atoms with Crippen molar-refractivity contribution < 1.29 is 0 Å². The van der Waals surface area contributed by atoms with Crippen molar-refractivity contribution in [3.63, 3.8) is 0 Å². The molecule has 0 unspecified atom stereocenters. The van der Waals surface area contributed by atoms with E-state index >= 15 is 0 Å².